The molecule has 2 fully saturated rings. The Balaban J connectivity index is 1.32. The van der Waals surface area contributed by atoms with E-state index in [-0.39, 0.29) is 12.0 Å². The molecule has 1 aliphatic heterocycles. The molecule has 32 heavy (non-hydrogen) atoms. The second kappa shape index (κ2) is 10.5. The largest absolute Gasteiger partial charge is 0.488 e. The standard InChI is InChI=1S/C25H32N2O4S/c28-25(26-23-10-4-5-11-24(23)31-21-8-2-3-9-21)17-14-20-12-15-22(16-13-20)32(29,30)27-18-6-1-7-19-27/h4-5,10-13,15-16,21H,1-3,6-9,14,17-19H2,(H,26,28). The zero-order valence-electron chi connectivity index (χ0n) is 18.5. The zero-order chi connectivity index (χ0) is 22.4. The minimum atomic E-state index is -3.43. The molecule has 7 heteroatoms. The smallest absolute Gasteiger partial charge is 0.243 e. The van der Waals surface area contributed by atoms with Gasteiger partial charge in [0, 0.05) is 19.5 Å². The molecule has 2 aromatic rings. The van der Waals surface area contributed by atoms with E-state index in [9.17, 15) is 13.2 Å². The zero-order valence-corrected chi connectivity index (χ0v) is 19.3. The summed E-state index contributed by atoms with van der Waals surface area (Å²) < 4.78 is 33.2. The lowest BCUT2D eigenvalue weighted by molar-refractivity contribution is -0.116. The molecule has 1 saturated carbocycles. The van der Waals surface area contributed by atoms with Gasteiger partial charge in [0.2, 0.25) is 15.9 Å². The second-order valence-electron chi connectivity index (χ2n) is 8.68. The molecule has 1 amide bonds. The molecular weight excluding hydrogens is 424 g/mol. The van der Waals surface area contributed by atoms with Crippen molar-refractivity contribution in [2.24, 2.45) is 0 Å². The van der Waals surface area contributed by atoms with E-state index >= 15 is 0 Å². The maximum atomic E-state index is 12.8. The number of benzene rings is 2. The molecule has 2 aliphatic rings. The van der Waals surface area contributed by atoms with Gasteiger partial charge in [-0.2, -0.15) is 4.31 Å². The third-order valence-corrected chi connectivity index (χ3v) is 8.19. The van der Waals surface area contributed by atoms with Gasteiger partial charge in [0.1, 0.15) is 5.75 Å². The number of sulfonamides is 1. The van der Waals surface area contributed by atoms with Gasteiger partial charge in [0.05, 0.1) is 16.7 Å². The molecule has 1 heterocycles. The summed E-state index contributed by atoms with van der Waals surface area (Å²) >= 11 is 0. The first-order valence-corrected chi connectivity index (χ1v) is 13.1. The second-order valence-corrected chi connectivity index (χ2v) is 10.6. The van der Waals surface area contributed by atoms with Crippen LogP contribution in [0.2, 0.25) is 0 Å². The fraction of sp³-hybridized carbons (Fsp3) is 0.480. The monoisotopic (exact) mass is 456 g/mol. The molecule has 172 valence electrons. The minimum Gasteiger partial charge on any atom is -0.488 e. The molecule has 0 bridgehead atoms. The Morgan fingerprint density at radius 1 is 0.938 bits per heavy atom. The van der Waals surface area contributed by atoms with E-state index in [1.54, 1.807) is 28.6 Å². The average molecular weight is 457 g/mol. The van der Waals surface area contributed by atoms with Gasteiger partial charge < -0.3 is 10.1 Å². The average Bonchev–Trinajstić information content (AvgIpc) is 3.33. The number of piperidine rings is 1. The SMILES string of the molecule is O=C(CCc1ccc(S(=O)(=O)N2CCCCC2)cc1)Nc1ccccc1OC1CCCC1. The lowest BCUT2D eigenvalue weighted by atomic mass is 10.1. The number of nitrogens with one attached hydrogen (secondary N) is 1. The fourth-order valence-corrected chi connectivity index (χ4v) is 5.93. The Labute approximate surface area is 191 Å². The van der Waals surface area contributed by atoms with E-state index in [1.807, 2.05) is 24.3 Å². The molecule has 1 saturated heterocycles. The van der Waals surface area contributed by atoms with Crippen LogP contribution in [-0.2, 0) is 21.2 Å². The molecule has 1 N–H and O–H groups in total. The molecule has 0 unspecified atom stereocenters. The van der Waals surface area contributed by atoms with Crippen LogP contribution in [-0.4, -0.2) is 37.8 Å². The summed E-state index contributed by atoms with van der Waals surface area (Å²) in [6, 6.07) is 14.5. The first kappa shape index (κ1) is 22.8. The maximum Gasteiger partial charge on any atom is 0.243 e. The van der Waals surface area contributed by atoms with Gasteiger partial charge in [-0.05, 0) is 74.8 Å². The number of anilines is 1. The Morgan fingerprint density at radius 3 is 2.34 bits per heavy atom. The van der Waals surface area contributed by atoms with Gasteiger partial charge in [-0.1, -0.05) is 30.7 Å². The molecule has 4 rings (SSSR count). The predicted octanol–water partition coefficient (Wildman–Crippen LogP) is 4.75. The Morgan fingerprint density at radius 2 is 1.62 bits per heavy atom. The number of para-hydroxylation sites is 2. The number of amides is 1. The highest BCUT2D eigenvalue weighted by molar-refractivity contribution is 7.89. The summed E-state index contributed by atoms with van der Waals surface area (Å²) in [4.78, 5) is 12.9. The van der Waals surface area contributed by atoms with E-state index in [4.69, 9.17) is 4.74 Å². The van der Waals surface area contributed by atoms with Crippen LogP contribution in [0.3, 0.4) is 0 Å². The predicted molar refractivity (Wildman–Crippen MR) is 125 cm³/mol. The van der Waals surface area contributed by atoms with Crippen molar-refractivity contribution in [2.45, 2.75) is 68.8 Å². The first-order valence-electron chi connectivity index (χ1n) is 11.7. The van der Waals surface area contributed by atoms with Crippen molar-refractivity contribution in [1.29, 1.82) is 0 Å². The van der Waals surface area contributed by atoms with Crippen LogP contribution in [0.25, 0.3) is 0 Å². The van der Waals surface area contributed by atoms with Gasteiger partial charge in [-0.25, -0.2) is 8.42 Å². The van der Waals surface area contributed by atoms with E-state index < -0.39 is 10.0 Å². The van der Waals surface area contributed by atoms with Crippen LogP contribution in [0.4, 0.5) is 5.69 Å². The lowest BCUT2D eigenvalue weighted by Gasteiger charge is -2.25. The van der Waals surface area contributed by atoms with Crippen LogP contribution < -0.4 is 10.1 Å². The highest BCUT2D eigenvalue weighted by Gasteiger charge is 2.25. The number of rotatable bonds is 8. The summed E-state index contributed by atoms with van der Waals surface area (Å²) in [5.74, 6) is 0.637. The van der Waals surface area contributed by atoms with E-state index in [1.165, 1.54) is 12.8 Å². The Kier molecular flexibility index (Phi) is 7.48. The summed E-state index contributed by atoms with van der Waals surface area (Å²) in [5.41, 5.74) is 1.64. The normalized spacial score (nSPS) is 17.9. The topological polar surface area (TPSA) is 75.7 Å². The lowest BCUT2D eigenvalue weighted by Crippen LogP contribution is -2.35. The number of carbonyl (C=O) groups is 1. The maximum absolute atomic E-state index is 12.8. The van der Waals surface area contributed by atoms with E-state index in [2.05, 4.69) is 5.32 Å². The van der Waals surface area contributed by atoms with Gasteiger partial charge in [-0.3, -0.25) is 4.79 Å². The number of hydrogen-bond acceptors (Lipinski definition) is 4. The van der Waals surface area contributed by atoms with Crippen LogP contribution in [0, 0.1) is 0 Å². The van der Waals surface area contributed by atoms with Crippen LogP contribution in [0.1, 0.15) is 56.9 Å². The van der Waals surface area contributed by atoms with Gasteiger partial charge in [0.25, 0.3) is 0 Å². The molecule has 0 atom stereocenters. The summed E-state index contributed by atoms with van der Waals surface area (Å²) in [6.07, 6.45) is 8.52. The molecular formula is C25H32N2O4S. The van der Waals surface area contributed by atoms with Crippen molar-refractivity contribution in [2.75, 3.05) is 18.4 Å². The fourth-order valence-electron chi connectivity index (χ4n) is 4.41. The molecule has 0 radical (unpaired) electrons. The highest BCUT2D eigenvalue weighted by atomic mass is 32.2. The van der Waals surface area contributed by atoms with Crippen molar-refractivity contribution >= 4 is 21.6 Å². The van der Waals surface area contributed by atoms with Crippen molar-refractivity contribution < 1.29 is 17.9 Å². The van der Waals surface area contributed by atoms with Crippen LogP contribution >= 0.6 is 0 Å². The number of ether oxygens (including phenoxy) is 1. The third-order valence-electron chi connectivity index (χ3n) is 6.27. The summed E-state index contributed by atoms with van der Waals surface area (Å²) in [6.45, 7) is 1.19. The molecule has 1 aliphatic carbocycles. The van der Waals surface area contributed by atoms with Gasteiger partial charge in [-0.15, -0.1) is 0 Å². The molecule has 2 aromatic carbocycles. The van der Waals surface area contributed by atoms with Crippen LogP contribution in [0.5, 0.6) is 5.75 Å². The highest BCUT2D eigenvalue weighted by Crippen LogP contribution is 2.30. The van der Waals surface area contributed by atoms with Gasteiger partial charge in [0.15, 0.2) is 0 Å². The Hall–Kier alpha value is -2.38. The van der Waals surface area contributed by atoms with Crippen molar-refractivity contribution in [1.82, 2.24) is 4.31 Å². The van der Waals surface area contributed by atoms with E-state index in [0.717, 1.165) is 43.4 Å². The van der Waals surface area contributed by atoms with Crippen molar-refractivity contribution in [3.8, 4) is 5.75 Å². The minimum absolute atomic E-state index is 0.0857. The number of aryl methyl sites for hydroxylation is 1. The molecule has 0 spiro atoms. The van der Waals surface area contributed by atoms with Crippen molar-refractivity contribution in [3.05, 3.63) is 54.1 Å². The van der Waals surface area contributed by atoms with E-state index in [0.29, 0.717) is 36.5 Å². The summed E-state index contributed by atoms with van der Waals surface area (Å²) in [7, 11) is -3.43. The Bertz CT molecular complexity index is 1010. The number of hydrogen-bond donors (Lipinski definition) is 1. The first-order chi connectivity index (χ1) is 15.5. The van der Waals surface area contributed by atoms with Crippen molar-refractivity contribution in [3.63, 3.8) is 0 Å². The quantitative estimate of drug-likeness (QED) is 0.622. The molecule has 0 aromatic heterocycles. The number of carbonyl (C=O) groups excluding carboxylic acids is 1. The third kappa shape index (κ3) is 5.70. The number of nitrogens with zero attached hydrogens (tertiary/aromatic N) is 1. The molecule has 6 nitrogen and oxygen atoms in total. The summed E-state index contributed by atoms with van der Waals surface area (Å²) in [5, 5.41) is 2.97. The van der Waals surface area contributed by atoms with Gasteiger partial charge >= 0.3 is 0 Å². The van der Waals surface area contributed by atoms with Crippen LogP contribution in [0.15, 0.2) is 53.4 Å².